The molecule has 5 rings (SSSR count). The molecule has 3 heterocycles. The van der Waals surface area contributed by atoms with E-state index in [0.29, 0.717) is 11.1 Å². The summed E-state index contributed by atoms with van der Waals surface area (Å²) in [6, 6.07) is 9.08. The van der Waals surface area contributed by atoms with E-state index < -0.39 is 80.7 Å². The van der Waals surface area contributed by atoms with Crippen LogP contribution in [0.4, 0.5) is 0 Å². The molecule has 2 aromatic carbocycles. The summed E-state index contributed by atoms with van der Waals surface area (Å²) in [7, 11) is 0. The number of aliphatic hydroxyl groups is 8. The van der Waals surface area contributed by atoms with Gasteiger partial charge in [0.25, 0.3) is 0 Å². The number of hydrogen-bond acceptors (Lipinski definition) is 14. The van der Waals surface area contributed by atoms with Crippen molar-refractivity contribution in [2.75, 3.05) is 13.2 Å². The van der Waals surface area contributed by atoms with E-state index in [-0.39, 0.29) is 23.0 Å². The highest BCUT2D eigenvalue weighted by Gasteiger charge is 2.46. The first-order valence-electron chi connectivity index (χ1n) is 12.9. The molecule has 3 aliphatic rings. The number of ether oxygens (including phenoxy) is 5. The van der Waals surface area contributed by atoms with Gasteiger partial charge in [-0.15, -0.1) is 0 Å². The highest BCUT2D eigenvalue weighted by atomic mass is 16.7. The van der Waals surface area contributed by atoms with Gasteiger partial charge in [0.2, 0.25) is 12.6 Å². The maximum Gasteiger partial charge on any atom is 0.229 e. The summed E-state index contributed by atoms with van der Waals surface area (Å²) in [6.45, 7) is -1.33. The summed E-state index contributed by atoms with van der Waals surface area (Å²) in [5.41, 5.74) is 1.06. The topological polar surface area (TPSA) is 228 Å². The second-order valence-corrected chi connectivity index (χ2v) is 9.95. The van der Waals surface area contributed by atoms with Crippen LogP contribution in [-0.2, 0) is 9.47 Å². The van der Waals surface area contributed by atoms with Crippen LogP contribution in [0.5, 0.6) is 23.0 Å². The quantitative estimate of drug-likeness (QED) is 0.171. The second kappa shape index (κ2) is 12.1. The second-order valence-electron chi connectivity index (χ2n) is 9.95. The zero-order valence-electron chi connectivity index (χ0n) is 21.5. The molecule has 0 bridgehead atoms. The molecule has 11 atom stereocenters. The molecule has 11 unspecified atom stereocenters. The van der Waals surface area contributed by atoms with Crippen molar-refractivity contribution < 1.29 is 69.6 Å². The first-order chi connectivity index (χ1) is 19.6. The Labute approximate surface area is 233 Å². The summed E-state index contributed by atoms with van der Waals surface area (Å²) < 4.78 is 28.7. The van der Waals surface area contributed by atoms with Crippen LogP contribution in [0.1, 0.15) is 17.2 Å². The van der Waals surface area contributed by atoms with Crippen LogP contribution in [0.3, 0.4) is 0 Å². The zero-order valence-corrected chi connectivity index (χ0v) is 21.5. The summed E-state index contributed by atoms with van der Waals surface area (Å²) >= 11 is 0. The summed E-state index contributed by atoms with van der Waals surface area (Å²) in [6.07, 6.45) is -12.8. The van der Waals surface area contributed by atoms with Gasteiger partial charge >= 0.3 is 0 Å². The number of benzene rings is 2. The highest BCUT2D eigenvalue weighted by molar-refractivity contribution is 5.69. The minimum absolute atomic E-state index is 0.00632. The average molecular weight is 581 g/mol. The van der Waals surface area contributed by atoms with E-state index in [1.807, 2.05) is 0 Å². The van der Waals surface area contributed by atoms with Gasteiger partial charge in [0, 0.05) is 12.1 Å². The van der Waals surface area contributed by atoms with E-state index in [2.05, 4.69) is 0 Å². The molecule has 0 saturated carbocycles. The number of aromatic hydroxyl groups is 1. The molecule has 0 radical (unpaired) electrons. The Bertz CT molecular complexity index is 1220. The number of phenolic OH excluding ortho intramolecular Hbond substituents is 1. The van der Waals surface area contributed by atoms with E-state index in [9.17, 15) is 46.0 Å². The third-order valence-corrected chi connectivity index (χ3v) is 7.18. The summed E-state index contributed by atoms with van der Waals surface area (Å²) in [5.74, 6) is 0.255. The van der Waals surface area contributed by atoms with E-state index in [1.54, 1.807) is 24.3 Å². The SMILES string of the molecule is OCC1OC(Oc2cc3c(c(OC4OC(CO)C(O)C(O)C4O)c2)C=CC(c2ccc(O)cc2)O3)C(O)C(O)C1O. The van der Waals surface area contributed by atoms with Crippen molar-refractivity contribution in [3.63, 3.8) is 0 Å². The minimum Gasteiger partial charge on any atom is -0.508 e. The lowest BCUT2D eigenvalue weighted by molar-refractivity contribution is -0.278. The predicted octanol–water partition coefficient (Wildman–Crippen LogP) is -2.10. The van der Waals surface area contributed by atoms with Gasteiger partial charge in [-0.25, -0.2) is 0 Å². The number of fused-ring (bicyclic) bond motifs is 1. The van der Waals surface area contributed by atoms with Gasteiger partial charge in [0.15, 0.2) is 0 Å². The molecule has 224 valence electrons. The average Bonchev–Trinajstić information content (AvgIpc) is 2.97. The third kappa shape index (κ3) is 5.85. The number of phenols is 1. The van der Waals surface area contributed by atoms with Crippen molar-refractivity contribution in [1.29, 1.82) is 0 Å². The molecule has 0 spiro atoms. The standard InChI is InChI=1S/C27H32O14/c28-9-18-20(31)22(33)24(35)26(40-18)37-13-7-16-14(5-6-15(38-16)11-1-3-12(30)4-2-11)17(8-13)39-27-25(36)23(34)21(32)19(10-29)41-27/h1-8,15,18-36H,9-10H2. The van der Waals surface area contributed by atoms with Crippen LogP contribution >= 0.6 is 0 Å². The first kappa shape index (κ1) is 29.5. The molecular formula is C27H32O14. The minimum atomic E-state index is -1.71. The van der Waals surface area contributed by atoms with Gasteiger partial charge in [-0.05, 0) is 29.8 Å². The van der Waals surface area contributed by atoms with Crippen LogP contribution in [-0.4, -0.2) is 121 Å². The lowest BCUT2D eigenvalue weighted by Crippen LogP contribution is -2.60. The van der Waals surface area contributed by atoms with Gasteiger partial charge in [-0.1, -0.05) is 12.1 Å². The maximum atomic E-state index is 10.5. The molecule has 0 amide bonds. The van der Waals surface area contributed by atoms with Crippen LogP contribution < -0.4 is 14.2 Å². The smallest absolute Gasteiger partial charge is 0.229 e. The lowest BCUT2D eigenvalue weighted by Gasteiger charge is -2.40. The van der Waals surface area contributed by atoms with Crippen molar-refractivity contribution in [2.24, 2.45) is 0 Å². The Balaban J connectivity index is 1.47. The molecule has 0 aromatic heterocycles. The van der Waals surface area contributed by atoms with Crippen molar-refractivity contribution in [3.05, 3.63) is 53.6 Å². The van der Waals surface area contributed by atoms with Crippen LogP contribution in [0.2, 0.25) is 0 Å². The molecule has 14 nitrogen and oxygen atoms in total. The van der Waals surface area contributed by atoms with Gasteiger partial charge in [-0.2, -0.15) is 0 Å². The molecule has 14 heteroatoms. The molecule has 2 fully saturated rings. The number of hydrogen-bond donors (Lipinski definition) is 9. The Morgan fingerprint density at radius 2 is 1.24 bits per heavy atom. The van der Waals surface area contributed by atoms with Crippen LogP contribution in [0.25, 0.3) is 6.08 Å². The van der Waals surface area contributed by atoms with E-state index >= 15 is 0 Å². The third-order valence-electron chi connectivity index (χ3n) is 7.18. The van der Waals surface area contributed by atoms with E-state index in [1.165, 1.54) is 24.3 Å². The molecule has 3 aliphatic heterocycles. The summed E-state index contributed by atoms with van der Waals surface area (Å²) in [4.78, 5) is 0. The molecule has 9 N–H and O–H groups in total. The van der Waals surface area contributed by atoms with Crippen LogP contribution in [0, 0.1) is 0 Å². The van der Waals surface area contributed by atoms with Crippen molar-refractivity contribution in [3.8, 4) is 23.0 Å². The molecule has 2 aromatic rings. The Kier molecular flexibility index (Phi) is 8.68. The van der Waals surface area contributed by atoms with Gasteiger partial charge in [0.05, 0.1) is 18.8 Å². The number of aliphatic hydroxyl groups excluding tert-OH is 8. The van der Waals surface area contributed by atoms with E-state index in [0.717, 1.165) is 0 Å². The van der Waals surface area contributed by atoms with Crippen molar-refractivity contribution in [2.45, 2.75) is 67.5 Å². The Hall–Kier alpha value is -3.02. The predicted molar refractivity (Wildman–Crippen MR) is 136 cm³/mol. The van der Waals surface area contributed by atoms with Crippen LogP contribution in [0.15, 0.2) is 42.5 Å². The maximum absolute atomic E-state index is 10.5. The fourth-order valence-corrected chi connectivity index (χ4v) is 4.80. The van der Waals surface area contributed by atoms with Gasteiger partial charge < -0.3 is 69.6 Å². The zero-order chi connectivity index (χ0) is 29.4. The lowest BCUT2D eigenvalue weighted by atomic mass is 9.99. The Morgan fingerprint density at radius 1 is 0.683 bits per heavy atom. The molecule has 2 saturated heterocycles. The monoisotopic (exact) mass is 580 g/mol. The fraction of sp³-hybridized carbons (Fsp3) is 0.481. The fourth-order valence-electron chi connectivity index (χ4n) is 4.80. The van der Waals surface area contributed by atoms with Gasteiger partial charge in [0.1, 0.15) is 77.9 Å². The normalized spacial score (nSPS) is 36.7. The largest absolute Gasteiger partial charge is 0.508 e. The van der Waals surface area contributed by atoms with Crippen molar-refractivity contribution >= 4 is 6.08 Å². The first-order valence-corrected chi connectivity index (χ1v) is 12.9. The molecule has 41 heavy (non-hydrogen) atoms. The van der Waals surface area contributed by atoms with E-state index in [4.69, 9.17) is 23.7 Å². The Morgan fingerprint density at radius 3 is 1.80 bits per heavy atom. The van der Waals surface area contributed by atoms with Crippen molar-refractivity contribution in [1.82, 2.24) is 0 Å². The number of rotatable bonds is 7. The summed E-state index contributed by atoms with van der Waals surface area (Å²) in [5, 5.41) is 90.2. The molecular weight excluding hydrogens is 548 g/mol. The highest BCUT2D eigenvalue weighted by Crippen LogP contribution is 2.43. The van der Waals surface area contributed by atoms with Gasteiger partial charge in [-0.3, -0.25) is 0 Å². The molecule has 0 aliphatic carbocycles.